The molecular formula is C31H26FNO. The molecule has 0 fully saturated rings. The van der Waals surface area contributed by atoms with Crippen LogP contribution in [0.15, 0.2) is 84.9 Å². The zero-order chi connectivity index (χ0) is 23.7. The van der Waals surface area contributed by atoms with Gasteiger partial charge in [0.25, 0.3) is 0 Å². The third-order valence-corrected chi connectivity index (χ3v) is 8.09. The molecule has 0 bridgehead atoms. The highest BCUT2D eigenvalue weighted by molar-refractivity contribution is 6.09. The van der Waals surface area contributed by atoms with Crippen molar-refractivity contribution in [1.82, 2.24) is 0 Å². The number of fused-ring (bicyclic) bond motifs is 4. The summed E-state index contributed by atoms with van der Waals surface area (Å²) in [5, 5.41) is 2.58. The maximum atomic E-state index is 13.3. The van der Waals surface area contributed by atoms with Gasteiger partial charge in [-0.25, -0.2) is 4.39 Å². The summed E-state index contributed by atoms with van der Waals surface area (Å²) >= 11 is 0. The molecule has 1 unspecified atom stereocenters. The van der Waals surface area contributed by atoms with E-state index < -0.39 is 0 Å². The lowest BCUT2D eigenvalue weighted by atomic mass is 9.64. The Hall–Kier alpha value is -3.72. The van der Waals surface area contributed by atoms with Gasteiger partial charge >= 0.3 is 0 Å². The van der Waals surface area contributed by atoms with Gasteiger partial charge in [0.1, 0.15) is 5.82 Å². The quantitative estimate of drug-likeness (QED) is 0.310. The van der Waals surface area contributed by atoms with E-state index in [1.807, 2.05) is 12.1 Å². The fourth-order valence-electron chi connectivity index (χ4n) is 6.10. The van der Waals surface area contributed by atoms with Crippen LogP contribution in [-0.4, -0.2) is 18.4 Å². The van der Waals surface area contributed by atoms with Gasteiger partial charge in [-0.05, 0) is 63.9 Å². The Morgan fingerprint density at radius 3 is 2.44 bits per heavy atom. The summed E-state index contributed by atoms with van der Waals surface area (Å²) < 4.78 is 13.3. The first-order chi connectivity index (χ1) is 16.3. The predicted molar refractivity (Wildman–Crippen MR) is 137 cm³/mol. The first kappa shape index (κ1) is 20.9. The van der Waals surface area contributed by atoms with Crippen molar-refractivity contribution in [2.75, 3.05) is 11.9 Å². The fourth-order valence-corrected chi connectivity index (χ4v) is 6.10. The van der Waals surface area contributed by atoms with Crippen LogP contribution in [0.1, 0.15) is 46.5 Å². The van der Waals surface area contributed by atoms with Gasteiger partial charge < -0.3 is 4.90 Å². The number of nitrogens with zero attached hydrogens (tertiary/aromatic N) is 1. The second-order valence-corrected chi connectivity index (χ2v) is 10.0. The van der Waals surface area contributed by atoms with E-state index in [-0.39, 0.29) is 22.6 Å². The van der Waals surface area contributed by atoms with Crippen molar-refractivity contribution in [3.8, 4) is 0 Å². The summed E-state index contributed by atoms with van der Waals surface area (Å²) in [7, 11) is 2.20. The van der Waals surface area contributed by atoms with Crippen LogP contribution in [0.2, 0.25) is 0 Å². The summed E-state index contributed by atoms with van der Waals surface area (Å²) in [5.74, 6) is -0.430. The van der Waals surface area contributed by atoms with Gasteiger partial charge in [0.05, 0.1) is 5.54 Å². The molecule has 34 heavy (non-hydrogen) atoms. The van der Waals surface area contributed by atoms with Crippen LogP contribution >= 0.6 is 0 Å². The summed E-state index contributed by atoms with van der Waals surface area (Å²) in [5.41, 5.74) is 5.78. The van der Waals surface area contributed by atoms with Crippen molar-refractivity contribution in [3.05, 3.63) is 119 Å². The molecule has 0 aromatic heterocycles. The summed E-state index contributed by atoms with van der Waals surface area (Å²) in [6, 6.07) is 24.8. The highest BCUT2D eigenvalue weighted by Gasteiger charge is 2.55. The molecule has 4 aromatic rings. The first-order valence-electron chi connectivity index (χ1n) is 11.7. The number of ketones is 1. The second-order valence-electron chi connectivity index (χ2n) is 10.0. The second kappa shape index (κ2) is 7.14. The van der Waals surface area contributed by atoms with Crippen molar-refractivity contribution in [2.24, 2.45) is 0 Å². The topological polar surface area (TPSA) is 20.3 Å². The molecule has 2 aliphatic rings. The van der Waals surface area contributed by atoms with Crippen molar-refractivity contribution < 1.29 is 9.18 Å². The Balaban J connectivity index is 1.41. The van der Waals surface area contributed by atoms with E-state index in [0.717, 1.165) is 12.0 Å². The van der Waals surface area contributed by atoms with Crippen molar-refractivity contribution in [2.45, 2.75) is 31.2 Å². The third kappa shape index (κ3) is 2.76. The number of halogens is 1. The molecule has 0 N–H and O–H groups in total. The van der Waals surface area contributed by atoms with E-state index in [2.05, 4.69) is 80.4 Å². The zero-order valence-corrected chi connectivity index (χ0v) is 19.6. The average molecular weight is 448 g/mol. The molecule has 1 heterocycles. The van der Waals surface area contributed by atoms with Crippen LogP contribution in [0.25, 0.3) is 16.8 Å². The summed E-state index contributed by atoms with van der Waals surface area (Å²) in [6.07, 6.45) is 5.36. The molecule has 1 spiro atoms. The lowest BCUT2D eigenvalue weighted by Crippen LogP contribution is -2.55. The zero-order valence-electron chi connectivity index (χ0n) is 19.6. The van der Waals surface area contributed by atoms with Gasteiger partial charge in [0, 0.05) is 35.7 Å². The van der Waals surface area contributed by atoms with Gasteiger partial charge in [-0.15, -0.1) is 0 Å². The minimum Gasteiger partial charge on any atom is -0.364 e. The molecule has 3 heteroatoms. The van der Waals surface area contributed by atoms with Gasteiger partial charge in [-0.1, -0.05) is 68.5 Å². The van der Waals surface area contributed by atoms with E-state index >= 15 is 0 Å². The SMILES string of the molecule is CN1c2ccc3ccccc3c2C(C)(C)C12C=Cc1cc(C(=O)c3ccc(F)cc3)ccc1C2. The smallest absolute Gasteiger partial charge is 0.193 e. The van der Waals surface area contributed by atoms with E-state index in [9.17, 15) is 9.18 Å². The van der Waals surface area contributed by atoms with Crippen LogP contribution in [-0.2, 0) is 11.8 Å². The lowest BCUT2D eigenvalue weighted by molar-refractivity contribution is 0.103. The predicted octanol–water partition coefficient (Wildman–Crippen LogP) is 6.95. The largest absolute Gasteiger partial charge is 0.364 e. The number of carbonyl (C=O) groups is 1. The maximum absolute atomic E-state index is 13.3. The number of rotatable bonds is 2. The Morgan fingerprint density at radius 2 is 1.65 bits per heavy atom. The molecule has 6 rings (SSSR count). The Bertz CT molecular complexity index is 1500. The maximum Gasteiger partial charge on any atom is 0.193 e. The van der Waals surface area contributed by atoms with Gasteiger partial charge in [0.2, 0.25) is 0 Å². The Kier molecular flexibility index (Phi) is 4.38. The highest BCUT2D eigenvalue weighted by Crippen LogP contribution is 2.56. The number of hydrogen-bond acceptors (Lipinski definition) is 2. The molecular weight excluding hydrogens is 421 g/mol. The molecule has 0 amide bonds. The van der Waals surface area contributed by atoms with Gasteiger partial charge in [-0.3, -0.25) is 4.79 Å². The van der Waals surface area contributed by atoms with Crippen molar-refractivity contribution in [3.63, 3.8) is 0 Å². The van der Waals surface area contributed by atoms with Gasteiger partial charge in [0.15, 0.2) is 5.78 Å². The normalized spacial score (nSPS) is 19.9. The Morgan fingerprint density at radius 1 is 0.912 bits per heavy atom. The molecule has 2 nitrogen and oxygen atoms in total. The summed E-state index contributed by atoms with van der Waals surface area (Å²) in [4.78, 5) is 15.4. The molecule has 0 saturated carbocycles. The minimum atomic E-state index is -0.340. The number of anilines is 1. The Labute approximate surface area is 199 Å². The summed E-state index contributed by atoms with van der Waals surface area (Å²) in [6.45, 7) is 4.70. The number of benzene rings is 4. The monoisotopic (exact) mass is 447 g/mol. The van der Waals surface area contributed by atoms with E-state index in [0.29, 0.717) is 11.1 Å². The number of likely N-dealkylation sites (N-methyl/N-ethyl adjacent to an activating group) is 1. The van der Waals surface area contributed by atoms with Crippen LogP contribution in [0.4, 0.5) is 10.1 Å². The van der Waals surface area contributed by atoms with E-state index in [4.69, 9.17) is 0 Å². The molecule has 168 valence electrons. The van der Waals surface area contributed by atoms with E-state index in [1.165, 1.54) is 39.7 Å². The van der Waals surface area contributed by atoms with Gasteiger partial charge in [-0.2, -0.15) is 0 Å². The van der Waals surface area contributed by atoms with Crippen LogP contribution in [0.5, 0.6) is 0 Å². The fraction of sp³-hybridized carbons (Fsp3) is 0.194. The number of hydrogen-bond donors (Lipinski definition) is 0. The molecule has 4 aromatic carbocycles. The minimum absolute atomic E-state index is 0.0892. The third-order valence-electron chi connectivity index (χ3n) is 8.09. The molecule has 1 aliphatic carbocycles. The van der Waals surface area contributed by atoms with Crippen LogP contribution in [0, 0.1) is 5.82 Å². The number of carbonyl (C=O) groups excluding carboxylic acids is 1. The van der Waals surface area contributed by atoms with Crippen LogP contribution in [0.3, 0.4) is 0 Å². The highest BCUT2D eigenvalue weighted by atomic mass is 19.1. The molecule has 1 atom stereocenters. The van der Waals surface area contributed by atoms with Crippen molar-refractivity contribution >= 4 is 28.3 Å². The lowest BCUT2D eigenvalue weighted by Gasteiger charge is -2.46. The molecule has 1 aliphatic heterocycles. The average Bonchev–Trinajstić information content (AvgIpc) is 3.02. The van der Waals surface area contributed by atoms with Crippen molar-refractivity contribution in [1.29, 1.82) is 0 Å². The standard InChI is InChI=1S/C31H26FNO/c1-30(2)28-26-7-5-4-6-20(26)12-15-27(28)33(3)31(30)17-16-22-18-23(8-9-24(22)19-31)29(34)21-10-13-25(32)14-11-21/h4-18H,19H2,1-3H3. The molecule has 0 saturated heterocycles. The van der Waals surface area contributed by atoms with E-state index in [1.54, 1.807) is 12.1 Å². The van der Waals surface area contributed by atoms with Crippen LogP contribution < -0.4 is 4.90 Å². The molecule has 0 radical (unpaired) electrons. The first-order valence-corrected chi connectivity index (χ1v) is 11.7.